The third kappa shape index (κ3) is 4.59. The summed E-state index contributed by atoms with van der Waals surface area (Å²) in [4.78, 5) is 36.0. The van der Waals surface area contributed by atoms with Gasteiger partial charge < -0.3 is 14.8 Å². The molecule has 1 N–H and O–H groups in total. The number of hydrogen-bond donors (Lipinski definition) is 1. The lowest BCUT2D eigenvalue weighted by Gasteiger charge is -2.15. The lowest BCUT2D eigenvalue weighted by Crippen LogP contribution is -2.28. The number of rotatable bonds is 7. The average molecular weight is 483 g/mol. The smallest absolute Gasteiger partial charge is 0.272 e. The minimum Gasteiger partial charge on any atom is -0.497 e. The maximum Gasteiger partial charge on any atom is 0.272 e. The summed E-state index contributed by atoms with van der Waals surface area (Å²) in [7, 11) is 1.59. The van der Waals surface area contributed by atoms with Crippen LogP contribution in [-0.4, -0.2) is 46.0 Å². The Morgan fingerprint density at radius 2 is 2.18 bits per heavy atom. The molecule has 8 nitrogen and oxygen atoms in total. The van der Waals surface area contributed by atoms with Crippen LogP contribution in [0, 0.1) is 0 Å². The summed E-state index contributed by atoms with van der Waals surface area (Å²) in [5.74, 6) is 0.658. The Labute approximate surface area is 197 Å². The number of nitrogens with zero attached hydrogens (tertiary/aromatic N) is 3. The van der Waals surface area contributed by atoms with E-state index in [0.717, 1.165) is 28.8 Å². The molecule has 0 bridgehead atoms. The number of thioether (sulfide) groups is 1. The monoisotopic (exact) mass is 482 g/mol. The van der Waals surface area contributed by atoms with E-state index in [-0.39, 0.29) is 23.3 Å². The van der Waals surface area contributed by atoms with Crippen LogP contribution in [0.5, 0.6) is 5.75 Å². The molecule has 0 radical (unpaired) electrons. The highest BCUT2D eigenvalue weighted by atomic mass is 32.2. The van der Waals surface area contributed by atoms with Crippen LogP contribution in [0.2, 0.25) is 0 Å². The van der Waals surface area contributed by atoms with Crippen LogP contribution in [0.4, 0.5) is 5.69 Å². The van der Waals surface area contributed by atoms with Gasteiger partial charge in [-0.05, 0) is 49.2 Å². The van der Waals surface area contributed by atoms with Gasteiger partial charge in [0.25, 0.3) is 5.56 Å². The first-order valence-electron chi connectivity index (χ1n) is 10.6. The van der Waals surface area contributed by atoms with E-state index in [1.165, 1.54) is 23.1 Å². The van der Waals surface area contributed by atoms with E-state index in [1.54, 1.807) is 42.1 Å². The van der Waals surface area contributed by atoms with Crippen molar-refractivity contribution in [2.24, 2.45) is 0 Å². The molecule has 0 aliphatic carbocycles. The number of thiophene rings is 1. The lowest BCUT2D eigenvalue weighted by atomic mass is 10.2. The number of aromatic nitrogens is 3. The maximum absolute atomic E-state index is 13.4. The van der Waals surface area contributed by atoms with Gasteiger partial charge in [-0.2, -0.15) is 0 Å². The van der Waals surface area contributed by atoms with Gasteiger partial charge in [0.15, 0.2) is 5.16 Å². The molecule has 4 aromatic rings. The van der Waals surface area contributed by atoms with Gasteiger partial charge in [-0.15, -0.1) is 11.3 Å². The number of benzene rings is 1. The van der Waals surface area contributed by atoms with E-state index in [1.807, 2.05) is 12.1 Å². The Balaban J connectivity index is 1.43. The molecule has 1 aliphatic heterocycles. The largest absolute Gasteiger partial charge is 0.497 e. The van der Waals surface area contributed by atoms with Gasteiger partial charge >= 0.3 is 0 Å². The molecular weight excluding hydrogens is 460 g/mol. The number of ether oxygens (including phenoxy) is 2. The summed E-state index contributed by atoms with van der Waals surface area (Å²) in [6, 6.07) is 10.9. The third-order valence-corrected chi connectivity index (χ3v) is 7.50. The van der Waals surface area contributed by atoms with Crippen molar-refractivity contribution in [1.29, 1.82) is 0 Å². The summed E-state index contributed by atoms with van der Waals surface area (Å²) in [6.07, 6.45) is 3.57. The van der Waals surface area contributed by atoms with E-state index in [0.29, 0.717) is 34.2 Å². The van der Waals surface area contributed by atoms with Crippen molar-refractivity contribution in [1.82, 2.24) is 14.5 Å². The number of hydrogen-bond acceptors (Lipinski definition) is 8. The van der Waals surface area contributed by atoms with Crippen molar-refractivity contribution in [2.45, 2.75) is 30.6 Å². The first kappa shape index (κ1) is 21.9. The zero-order valence-corrected chi connectivity index (χ0v) is 19.6. The fourth-order valence-corrected chi connectivity index (χ4v) is 5.64. The van der Waals surface area contributed by atoms with Gasteiger partial charge in [0.1, 0.15) is 15.3 Å². The SMILES string of the molecule is COc1ccc(NC(=O)CSc2nc3c(sc4ncccc43)c(=O)n2C[C@@H]2CCCO2)cc1. The minimum absolute atomic E-state index is 0.0260. The van der Waals surface area contributed by atoms with Gasteiger partial charge in [0.2, 0.25) is 5.91 Å². The van der Waals surface area contributed by atoms with Crippen LogP contribution in [0.15, 0.2) is 52.5 Å². The topological polar surface area (TPSA) is 95.3 Å². The number of anilines is 1. The number of amides is 1. The number of fused-ring (bicyclic) bond motifs is 3. The van der Waals surface area contributed by atoms with E-state index in [4.69, 9.17) is 14.5 Å². The molecule has 1 amide bonds. The third-order valence-electron chi connectivity index (χ3n) is 5.43. The molecular formula is C23H22N4O4S2. The number of pyridine rings is 1. The standard InChI is InChI=1S/C23H22N4O4S2/c1-30-15-8-6-14(7-9-15)25-18(28)13-32-23-26-19-17-5-2-10-24-21(17)33-20(19)22(29)27(23)12-16-4-3-11-31-16/h2,5-10,16H,3-4,11-13H2,1H3,(H,25,28)/t16-/m0/s1. The number of methoxy groups -OCH3 is 1. The summed E-state index contributed by atoms with van der Waals surface area (Å²) >= 11 is 2.60. The number of carbonyl (C=O) groups excluding carboxylic acids is 1. The van der Waals surface area contributed by atoms with Crippen molar-refractivity contribution in [3.63, 3.8) is 0 Å². The molecule has 1 fully saturated rings. The van der Waals surface area contributed by atoms with Gasteiger partial charge in [-0.25, -0.2) is 9.97 Å². The van der Waals surface area contributed by atoms with E-state index in [2.05, 4.69) is 10.3 Å². The quantitative estimate of drug-likeness (QED) is 0.315. The second kappa shape index (κ2) is 9.50. The second-order valence-corrected chi connectivity index (χ2v) is 9.59. The van der Waals surface area contributed by atoms with Crippen LogP contribution >= 0.6 is 23.1 Å². The zero-order chi connectivity index (χ0) is 22.8. The Bertz CT molecular complexity index is 1360. The van der Waals surface area contributed by atoms with Crippen LogP contribution in [0.1, 0.15) is 12.8 Å². The predicted molar refractivity (Wildman–Crippen MR) is 131 cm³/mol. The average Bonchev–Trinajstić information content (AvgIpc) is 3.48. The molecule has 0 spiro atoms. The highest BCUT2D eigenvalue weighted by molar-refractivity contribution is 7.99. The van der Waals surface area contributed by atoms with Gasteiger partial charge in [-0.1, -0.05) is 11.8 Å². The molecule has 0 saturated carbocycles. The number of nitrogens with one attached hydrogen (secondary N) is 1. The minimum atomic E-state index is -0.181. The molecule has 33 heavy (non-hydrogen) atoms. The zero-order valence-electron chi connectivity index (χ0n) is 17.9. The van der Waals surface area contributed by atoms with E-state index < -0.39 is 0 Å². The van der Waals surface area contributed by atoms with Gasteiger partial charge in [-0.3, -0.25) is 14.2 Å². The summed E-state index contributed by atoms with van der Waals surface area (Å²) < 4.78 is 13.1. The molecule has 1 saturated heterocycles. The van der Waals surface area contributed by atoms with Crippen LogP contribution in [0.25, 0.3) is 20.4 Å². The van der Waals surface area contributed by atoms with Crippen molar-refractivity contribution in [2.75, 3.05) is 24.8 Å². The number of carbonyl (C=O) groups is 1. The fraction of sp³-hybridized carbons (Fsp3) is 0.304. The highest BCUT2D eigenvalue weighted by Crippen LogP contribution is 2.31. The van der Waals surface area contributed by atoms with E-state index in [9.17, 15) is 9.59 Å². The molecule has 1 aromatic carbocycles. The Kier molecular flexibility index (Phi) is 6.30. The van der Waals surface area contributed by atoms with E-state index >= 15 is 0 Å². The molecule has 5 rings (SSSR count). The second-order valence-electron chi connectivity index (χ2n) is 7.65. The summed E-state index contributed by atoms with van der Waals surface area (Å²) in [6.45, 7) is 1.13. The van der Waals surface area contributed by atoms with Crippen molar-refractivity contribution in [3.8, 4) is 5.75 Å². The molecule has 170 valence electrons. The first-order chi connectivity index (χ1) is 16.1. The van der Waals surface area contributed by atoms with Crippen molar-refractivity contribution >= 4 is 55.1 Å². The van der Waals surface area contributed by atoms with Crippen LogP contribution in [-0.2, 0) is 16.1 Å². The Hall–Kier alpha value is -2.95. The fourth-order valence-electron chi connectivity index (χ4n) is 3.81. The Morgan fingerprint density at radius 3 is 2.94 bits per heavy atom. The van der Waals surface area contributed by atoms with Crippen molar-refractivity contribution < 1.29 is 14.3 Å². The maximum atomic E-state index is 13.4. The molecule has 1 atom stereocenters. The first-order valence-corrected chi connectivity index (χ1v) is 12.4. The molecule has 3 aromatic heterocycles. The normalized spacial score (nSPS) is 15.8. The predicted octanol–water partition coefficient (Wildman–Crippen LogP) is 3.92. The van der Waals surface area contributed by atoms with Crippen LogP contribution < -0.4 is 15.6 Å². The Morgan fingerprint density at radius 1 is 1.33 bits per heavy atom. The van der Waals surface area contributed by atoms with Crippen molar-refractivity contribution in [3.05, 3.63) is 52.9 Å². The molecule has 0 unspecified atom stereocenters. The van der Waals surface area contributed by atoms with Gasteiger partial charge in [0.05, 0.1) is 31.0 Å². The molecule has 1 aliphatic rings. The van der Waals surface area contributed by atoms with Crippen LogP contribution in [0.3, 0.4) is 0 Å². The highest BCUT2D eigenvalue weighted by Gasteiger charge is 2.22. The lowest BCUT2D eigenvalue weighted by molar-refractivity contribution is -0.113. The molecule has 4 heterocycles. The molecule has 10 heteroatoms. The van der Waals surface area contributed by atoms with Gasteiger partial charge in [0, 0.05) is 23.9 Å². The summed E-state index contributed by atoms with van der Waals surface area (Å²) in [5, 5.41) is 4.23. The summed E-state index contributed by atoms with van der Waals surface area (Å²) in [5.41, 5.74) is 1.20.